The Hall–Kier alpha value is -2.05. The molecule has 0 radical (unpaired) electrons. The minimum absolute atomic E-state index is 0.176. The first-order chi connectivity index (χ1) is 14.0. The Morgan fingerprint density at radius 1 is 1.17 bits per heavy atom. The number of nitrogens with zero attached hydrogens (tertiary/aromatic N) is 1. The summed E-state index contributed by atoms with van der Waals surface area (Å²) >= 11 is 9.46. The van der Waals surface area contributed by atoms with Crippen LogP contribution in [0.5, 0.6) is 5.75 Å². The molecule has 0 spiro atoms. The first-order valence-corrected chi connectivity index (χ1v) is 10.9. The number of aryl methyl sites for hydroxylation is 1. The van der Waals surface area contributed by atoms with Crippen LogP contribution in [0.15, 0.2) is 46.9 Å². The van der Waals surface area contributed by atoms with Crippen molar-refractivity contribution >= 4 is 39.3 Å². The Kier molecular flexibility index (Phi) is 8.33. The fourth-order valence-electron chi connectivity index (χ4n) is 2.78. The Morgan fingerprint density at radius 2 is 1.80 bits per heavy atom. The second-order valence-corrected chi connectivity index (χ2v) is 9.59. The maximum Gasteiger partial charge on any atom is 0.261 e. The van der Waals surface area contributed by atoms with Gasteiger partial charge in [-0.05, 0) is 76.1 Å². The number of carbonyl (C=O) groups excluding carboxylic acids is 2. The molecule has 7 heteroatoms. The Balaban J connectivity index is 2.17. The zero-order valence-electron chi connectivity index (χ0n) is 18.0. The van der Waals surface area contributed by atoms with Crippen LogP contribution >= 0.6 is 27.5 Å². The van der Waals surface area contributed by atoms with E-state index in [2.05, 4.69) is 21.2 Å². The first-order valence-electron chi connectivity index (χ1n) is 9.71. The SMILES string of the molecule is Cc1cc(OCC(=O)N(Cc2ccc(Br)cc2)[C@@H](C)C(=O)NC(C)(C)C)ccc1Cl. The summed E-state index contributed by atoms with van der Waals surface area (Å²) < 4.78 is 6.63. The van der Waals surface area contributed by atoms with Crippen molar-refractivity contribution in [1.29, 1.82) is 0 Å². The highest BCUT2D eigenvalue weighted by atomic mass is 79.9. The molecule has 0 aliphatic rings. The van der Waals surface area contributed by atoms with Crippen molar-refractivity contribution in [3.63, 3.8) is 0 Å². The lowest BCUT2D eigenvalue weighted by atomic mass is 10.1. The van der Waals surface area contributed by atoms with Gasteiger partial charge in [0.25, 0.3) is 5.91 Å². The maximum atomic E-state index is 13.0. The lowest BCUT2D eigenvalue weighted by molar-refractivity contribution is -0.142. The molecule has 2 aromatic rings. The Bertz CT molecular complexity index is 894. The largest absolute Gasteiger partial charge is 0.484 e. The van der Waals surface area contributed by atoms with E-state index in [0.29, 0.717) is 17.3 Å². The first kappa shape index (κ1) is 24.2. The van der Waals surface area contributed by atoms with Gasteiger partial charge in [-0.2, -0.15) is 0 Å². The molecular formula is C23H28BrClN2O3. The zero-order valence-corrected chi connectivity index (χ0v) is 20.3. The fraction of sp³-hybridized carbons (Fsp3) is 0.391. The van der Waals surface area contributed by atoms with Crippen LogP contribution in [-0.4, -0.2) is 34.9 Å². The summed E-state index contributed by atoms with van der Waals surface area (Å²) in [5, 5.41) is 3.58. The minimum Gasteiger partial charge on any atom is -0.484 e. The molecule has 2 aromatic carbocycles. The summed E-state index contributed by atoms with van der Waals surface area (Å²) in [6.07, 6.45) is 0. The van der Waals surface area contributed by atoms with Gasteiger partial charge in [0.1, 0.15) is 11.8 Å². The van der Waals surface area contributed by atoms with Gasteiger partial charge in [-0.15, -0.1) is 0 Å². The predicted octanol–water partition coefficient (Wildman–Crippen LogP) is 5.12. The topological polar surface area (TPSA) is 58.6 Å². The van der Waals surface area contributed by atoms with Gasteiger partial charge in [-0.3, -0.25) is 9.59 Å². The zero-order chi connectivity index (χ0) is 22.5. The lowest BCUT2D eigenvalue weighted by Gasteiger charge is -2.31. The second kappa shape index (κ2) is 10.3. The summed E-state index contributed by atoms with van der Waals surface area (Å²) in [5.74, 6) is 0.0676. The molecule has 1 atom stereocenters. The summed E-state index contributed by atoms with van der Waals surface area (Å²) in [6.45, 7) is 9.44. The van der Waals surface area contributed by atoms with E-state index in [1.807, 2.05) is 52.0 Å². The van der Waals surface area contributed by atoms with Gasteiger partial charge in [-0.1, -0.05) is 39.7 Å². The fourth-order valence-corrected chi connectivity index (χ4v) is 3.16. The molecule has 0 aliphatic carbocycles. The lowest BCUT2D eigenvalue weighted by Crippen LogP contribution is -2.53. The molecule has 30 heavy (non-hydrogen) atoms. The van der Waals surface area contributed by atoms with Gasteiger partial charge in [-0.25, -0.2) is 0 Å². The van der Waals surface area contributed by atoms with Crippen LogP contribution in [0.2, 0.25) is 5.02 Å². The molecule has 0 bridgehead atoms. The van der Waals surface area contributed by atoms with Crippen LogP contribution in [0.1, 0.15) is 38.8 Å². The van der Waals surface area contributed by atoms with Crippen LogP contribution < -0.4 is 10.1 Å². The Morgan fingerprint density at radius 3 is 2.37 bits per heavy atom. The van der Waals surface area contributed by atoms with Crippen LogP contribution in [0.4, 0.5) is 0 Å². The quantitative estimate of drug-likeness (QED) is 0.580. The number of nitrogens with one attached hydrogen (secondary N) is 1. The highest BCUT2D eigenvalue weighted by Crippen LogP contribution is 2.21. The number of benzene rings is 2. The van der Waals surface area contributed by atoms with Gasteiger partial charge in [0.15, 0.2) is 6.61 Å². The van der Waals surface area contributed by atoms with E-state index in [0.717, 1.165) is 15.6 Å². The minimum atomic E-state index is -0.657. The van der Waals surface area contributed by atoms with E-state index in [1.165, 1.54) is 4.90 Å². The smallest absolute Gasteiger partial charge is 0.261 e. The third-order valence-electron chi connectivity index (χ3n) is 4.42. The number of amides is 2. The molecule has 2 amide bonds. The molecule has 0 aromatic heterocycles. The number of hydrogen-bond donors (Lipinski definition) is 1. The summed E-state index contributed by atoms with van der Waals surface area (Å²) in [7, 11) is 0. The van der Waals surface area contributed by atoms with Gasteiger partial charge in [0.2, 0.25) is 5.91 Å². The summed E-state index contributed by atoms with van der Waals surface area (Å²) in [6, 6.07) is 12.2. The summed E-state index contributed by atoms with van der Waals surface area (Å²) in [4.78, 5) is 27.3. The van der Waals surface area contributed by atoms with Crippen molar-refractivity contribution < 1.29 is 14.3 Å². The monoisotopic (exact) mass is 494 g/mol. The van der Waals surface area contributed by atoms with E-state index in [4.69, 9.17) is 16.3 Å². The number of halogens is 2. The molecule has 0 saturated carbocycles. The van der Waals surface area contributed by atoms with E-state index >= 15 is 0 Å². The molecular weight excluding hydrogens is 468 g/mol. The second-order valence-electron chi connectivity index (χ2n) is 8.26. The van der Waals surface area contributed by atoms with Crippen molar-refractivity contribution in [1.82, 2.24) is 10.2 Å². The third-order valence-corrected chi connectivity index (χ3v) is 5.38. The van der Waals surface area contributed by atoms with Crippen molar-refractivity contribution in [3.05, 3.63) is 63.1 Å². The molecule has 2 rings (SSSR count). The molecule has 0 saturated heterocycles. The van der Waals surface area contributed by atoms with E-state index in [9.17, 15) is 9.59 Å². The number of carbonyl (C=O) groups is 2. The van der Waals surface area contributed by atoms with Crippen molar-refractivity contribution in [3.8, 4) is 5.75 Å². The standard InChI is InChI=1S/C23H28BrClN2O3/c1-15-12-19(10-11-20(15)25)30-14-21(28)27(13-17-6-8-18(24)9-7-17)16(2)22(29)26-23(3,4)5/h6-12,16H,13-14H2,1-5H3,(H,26,29)/t16-/m0/s1. The predicted molar refractivity (Wildman–Crippen MR) is 124 cm³/mol. The van der Waals surface area contributed by atoms with Crippen LogP contribution in [0.3, 0.4) is 0 Å². The van der Waals surface area contributed by atoms with Crippen molar-refractivity contribution in [2.24, 2.45) is 0 Å². The number of hydrogen-bond acceptors (Lipinski definition) is 3. The Labute approximate surface area is 191 Å². The van der Waals surface area contributed by atoms with Gasteiger partial charge < -0.3 is 15.0 Å². The molecule has 0 aliphatic heterocycles. The van der Waals surface area contributed by atoms with Crippen molar-refractivity contribution in [2.75, 3.05) is 6.61 Å². The molecule has 1 N–H and O–H groups in total. The van der Waals surface area contributed by atoms with Crippen LogP contribution in [0, 0.1) is 6.92 Å². The molecule has 0 heterocycles. The van der Waals surface area contributed by atoms with E-state index < -0.39 is 11.6 Å². The number of rotatable bonds is 7. The van der Waals surface area contributed by atoms with Gasteiger partial charge in [0.05, 0.1) is 0 Å². The van der Waals surface area contributed by atoms with Crippen LogP contribution in [-0.2, 0) is 16.1 Å². The average Bonchev–Trinajstić information content (AvgIpc) is 2.66. The normalized spacial score (nSPS) is 12.2. The summed E-state index contributed by atoms with van der Waals surface area (Å²) in [5.41, 5.74) is 1.39. The maximum absolute atomic E-state index is 13.0. The van der Waals surface area contributed by atoms with E-state index in [-0.39, 0.29) is 18.4 Å². The molecule has 0 unspecified atom stereocenters. The van der Waals surface area contributed by atoms with Crippen LogP contribution in [0.25, 0.3) is 0 Å². The van der Waals surface area contributed by atoms with Gasteiger partial charge in [0, 0.05) is 21.6 Å². The average molecular weight is 496 g/mol. The van der Waals surface area contributed by atoms with E-state index in [1.54, 1.807) is 25.1 Å². The molecule has 0 fully saturated rings. The third kappa shape index (κ3) is 7.33. The van der Waals surface area contributed by atoms with Gasteiger partial charge >= 0.3 is 0 Å². The highest BCUT2D eigenvalue weighted by molar-refractivity contribution is 9.10. The molecule has 162 valence electrons. The highest BCUT2D eigenvalue weighted by Gasteiger charge is 2.28. The molecule has 5 nitrogen and oxygen atoms in total. The number of ether oxygens (including phenoxy) is 1. The van der Waals surface area contributed by atoms with Crippen molar-refractivity contribution in [2.45, 2.75) is 52.7 Å².